The molecule has 2 aromatic carbocycles. The van der Waals surface area contributed by atoms with Crippen LogP contribution in [0.3, 0.4) is 0 Å². The Balaban J connectivity index is 2.05. The predicted octanol–water partition coefficient (Wildman–Crippen LogP) is 4.21. The molecule has 2 heteroatoms. The minimum Gasteiger partial charge on any atom is -0.392 e. The number of benzene rings is 2. The molecular weight excluding hydrogens is 300 g/mol. The van der Waals surface area contributed by atoms with Crippen molar-refractivity contribution in [3.05, 3.63) is 69.2 Å². The van der Waals surface area contributed by atoms with Crippen LogP contribution in [0.15, 0.2) is 46.9 Å². The average Bonchev–Trinajstić information content (AvgIpc) is 2.34. The Kier molecular flexibility index (Phi) is 4.78. The van der Waals surface area contributed by atoms with Crippen molar-refractivity contribution in [1.82, 2.24) is 0 Å². The molecule has 0 amide bonds. The molecule has 19 heavy (non-hydrogen) atoms. The van der Waals surface area contributed by atoms with E-state index in [9.17, 15) is 5.11 Å². The predicted molar refractivity (Wildman–Crippen MR) is 83.5 cm³/mol. The summed E-state index contributed by atoms with van der Waals surface area (Å²) < 4.78 is 1.06. The molecule has 2 rings (SSSR count). The van der Waals surface area contributed by atoms with Gasteiger partial charge in [0.1, 0.15) is 0 Å². The third-order valence-corrected chi connectivity index (χ3v) is 3.81. The first-order valence-corrected chi connectivity index (χ1v) is 7.32. The minimum atomic E-state index is -0.338. The summed E-state index contributed by atoms with van der Waals surface area (Å²) in [4.78, 5) is 0. The molecule has 1 atom stereocenters. The van der Waals surface area contributed by atoms with Crippen LogP contribution in [0.4, 0.5) is 0 Å². The van der Waals surface area contributed by atoms with E-state index in [4.69, 9.17) is 0 Å². The number of aryl methyl sites for hydroxylation is 2. The van der Waals surface area contributed by atoms with Crippen LogP contribution in [0.1, 0.15) is 22.3 Å². The second-order valence-electron chi connectivity index (χ2n) is 5.12. The molecule has 0 fully saturated rings. The number of rotatable bonds is 4. The first kappa shape index (κ1) is 14.3. The molecule has 0 aliphatic carbocycles. The number of aliphatic hydroxyl groups excluding tert-OH is 1. The first-order chi connectivity index (χ1) is 9.04. The zero-order valence-electron chi connectivity index (χ0n) is 11.4. The maximum Gasteiger partial charge on any atom is 0.0620 e. The summed E-state index contributed by atoms with van der Waals surface area (Å²) in [5, 5.41) is 10.2. The topological polar surface area (TPSA) is 20.2 Å². The smallest absolute Gasteiger partial charge is 0.0620 e. The second-order valence-corrected chi connectivity index (χ2v) is 6.04. The summed E-state index contributed by atoms with van der Waals surface area (Å²) in [6.07, 6.45) is 1.06. The largest absolute Gasteiger partial charge is 0.392 e. The Labute approximate surface area is 123 Å². The average molecular weight is 319 g/mol. The van der Waals surface area contributed by atoms with Gasteiger partial charge in [0, 0.05) is 4.47 Å². The van der Waals surface area contributed by atoms with Crippen molar-refractivity contribution in [2.24, 2.45) is 0 Å². The maximum absolute atomic E-state index is 10.2. The van der Waals surface area contributed by atoms with E-state index in [0.29, 0.717) is 12.8 Å². The van der Waals surface area contributed by atoms with Crippen LogP contribution in [0.25, 0.3) is 0 Å². The molecule has 0 aliphatic rings. The van der Waals surface area contributed by atoms with E-state index in [1.807, 2.05) is 12.1 Å². The van der Waals surface area contributed by atoms with Crippen molar-refractivity contribution in [3.63, 3.8) is 0 Å². The third kappa shape index (κ3) is 4.19. The van der Waals surface area contributed by atoms with Crippen LogP contribution >= 0.6 is 15.9 Å². The maximum atomic E-state index is 10.2. The highest BCUT2D eigenvalue weighted by atomic mass is 79.9. The molecule has 1 N–H and O–H groups in total. The molecule has 0 heterocycles. The standard InChI is InChI=1S/C17H19BrO/c1-12-6-7-13(2)15(8-12)11-17(19)10-14-4-3-5-16(18)9-14/h3-9,17,19H,10-11H2,1-2H3. The lowest BCUT2D eigenvalue weighted by Gasteiger charge is -2.13. The highest BCUT2D eigenvalue weighted by Crippen LogP contribution is 2.17. The van der Waals surface area contributed by atoms with Crippen molar-refractivity contribution in [2.45, 2.75) is 32.8 Å². The van der Waals surface area contributed by atoms with Crippen LogP contribution in [-0.4, -0.2) is 11.2 Å². The van der Waals surface area contributed by atoms with Crippen molar-refractivity contribution in [2.75, 3.05) is 0 Å². The van der Waals surface area contributed by atoms with Gasteiger partial charge in [0.05, 0.1) is 6.10 Å². The fourth-order valence-electron chi connectivity index (χ4n) is 2.28. The van der Waals surface area contributed by atoms with Crippen molar-refractivity contribution < 1.29 is 5.11 Å². The fraction of sp³-hybridized carbons (Fsp3) is 0.294. The fourth-order valence-corrected chi connectivity index (χ4v) is 2.73. The van der Waals surface area contributed by atoms with Gasteiger partial charge in [-0.2, -0.15) is 0 Å². The van der Waals surface area contributed by atoms with Gasteiger partial charge in [-0.25, -0.2) is 0 Å². The van der Waals surface area contributed by atoms with Crippen LogP contribution in [-0.2, 0) is 12.8 Å². The summed E-state index contributed by atoms with van der Waals surface area (Å²) in [7, 11) is 0. The summed E-state index contributed by atoms with van der Waals surface area (Å²) in [5.41, 5.74) is 4.89. The van der Waals surface area contributed by atoms with Gasteiger partial charge in [-0.15, -0.1) is 0 Å². The molecule has 0 aliphatic heterocycles. The molecule has 2 aromatic rings. The summed E-state index contributed by atoms with van der Waals surface area (Å²) >= 11 is 3.46. The molecule has 0 bridgehead atoms. The van der Waals surface area contributed by atoms with E-state index in [-0.39, 0.29) is 6.10 Å². The Morgan fingerprint density at radius 1 is 1.05 bits per heavy atom. The van der Waals surface area contributed by atoms with Crippen LogP contribution in [0, 0.1) is 13.8 Å². The molecule has 1 nitrogen and oxygen atoms in total. The normalized spacial score (nSPS) is 12.4. The lowest BCUT2D eigenvalue weighted by Crippen LogP contribution is -2.14. The molecule has 0 radical (unpaired) electrons. The summed E-state index contributed by atoms with van der Waals surface area (Å²) in [6, 6.07) is 14.5. The monoisotopic (exact) mass is 318 g/mol. The summed E-state index contributed by atoms with van der Waals surface area (Å²) in [6.45, 7) is 4.18. The summed E-state index contributed by atoms with van der Waals surface area (Å²) in [5.74, 6) is 0. The van der Waals surface area contributed by atoms with Gasteiger partial charge in [-0.1, -0.05) is 51.8 Å². The zero-order valence-corrected chi connectivity index (χ0v) is 12.9. The quantitative estimate of drug-likeness (QED) is 0.895. The lowest BCUT2D eigenvalue weighted by molar-refractivity contribution is 0.175. The Morgan fingerprint density at radius 2 is 1.84 bits per heavy atom. The van der Waals surface area contributed by atoms with Gasteiger partial charge in [0.2, 0.25) is 0 Å². The van der Waals surface area contributed by atoms with Crippen LogP contribution in [0.2, 0.25) is 0 Å². The van der Waals surface area contributed by atoms with Gasteiger partial charge in [0.15, 0.2) is 0 Å². The highest BCUT2D eigenvalue weighted by molar-refractivity contribution is 9.10. The van der Waals surface area contributed by atoms with Crippen LogP contribution < -0.4 is 0 Å². The van der Waals surface area contributed by atoms with E-state index in [1.165, 1.54) is 16.7 Å². The Morgan fingerprint density at radius 3 is 2.58 bits per heavy atom. The second kappa shape index (κ2) is 6.36. The SMILES string of the molecule is Cc1ccc(C)c(CC(O)Cc2cccc(Br)c2)c1. The van der Waals surface area contributed by atoms with E-state index >= 15 is 0 Å². The molecule has 1 unspecified atom stereocenters. The number of hydrogen-bond donors (Lipinski definition) is 1. The van der Waals surface area contributed by atoms with Crippen molar-refractivity contribution in [1.29, 1.82) is 0 Å². The minimum absolute atomic E-state index is 0.338. The highest BCUT2D eigenvalue weighted by Gasteiger charge is 2.09. The van der Waals surface area contributed by atoms with Gasteiger partial charge >= 0.3 is 0 Å². The molecule has 0 saturated heterocycles. The van der Waals surface area contributed by atoms with Crippen molar-refractivity contribution in [3.8, 4) is 0 Å². The van der Waals surface area contributed by atoms with Gasteiger partial charge in [-0.05, 0) is 55.5 Å². The Bertz CT molecular complexity index is 563. The molecule has 0 spiro atoms. The van der Waals surface area contributed by atoms with Gasteiger partial charge in [-0.3, -0.25) is 0 Å². The van der Waals surface area contributed by atoms with E-state index < -0.39 is 0 Å². The van der Waals surface area contributed by atoms with Gasteiger partial charge < -0.3 is 5.11 Å². The number of halogens is 1. The number of hydrogen-bond acceptors (Lipinski definition) is 1. The molecular formula is C17H19BrO. The lowest BCUT2D eigenvalue weighted by atomic mass is 9.97. The van der Waals surface area contributed by atoms with Crippen LogP contribution in [0.5, 0.6) is 0 Å². The Hall–Kier alpha value is -1.12. The van der Waals surface area contributed by atoms with Gasteiger partial charge in [0.25, 0.3) is 0 Å². The number of aliphatic hydroxyl groups is 1. The zero-order chi connectivity index (χ0) is 13.8. The first-order valence-electron chi connectivity index (χ1n) is 6.53. The van der Waals surface area contributed by atoms with Crippen molar-refractivity contribution >= 4 is 15.9 Å². The molecule has 0 aromatic heterocycles. The third-order valence-electron chi connectivity index (χ3n) is 3.32. The van der Waals surface area contributed by atoms with E-state index in [2.05, 4.69) is 60.1 Å². The molecule has 0 saturated carbocycles. The molecule has 100 valence electrons. The van der Waals surface area contributed by atoms with E-state index in [1.54, 1.807) is 0 Å². The van der Waals surface area contributed by atoms with E-state index in [0.717, 1.165) is 10.0 Å².